The summed E-state index contributed by atoms with van der Waals surface area (Å²) in [6.45, 7) is 0.240. The molecule has 0 radical (unpaired) electrons. The minimum atomic E-state index is -0.520. The van der Waals surface area contributed by atoms with Crippen molar-refractivity contribution in [2.45, 2.75) is 6.61 Å². The third kappa shape index (κ3) is 3.92. The summed E-state index contributed by atoms with van der Waals surface area (Å²) < 4.78 is 4.92. The van der Waals surface area contributed by atoms with E-state index in [9.17, 15) is 14.4 Å². The summed E-state index contributed by atoms with van der Waals surface area (Å²) in [6.07, 6.45) is 1.28. The van der Waals surface area contributed by atoms with Crippen LogP contribution in [-0.4, -0.2) is 47.7 Å². The number of aromatic nitrogens is 1. The molecule has 3 rings (SSSR count). The molecular weight excluding hydrogens is 350 g/mol. The Morgan fingerprint density at radius 2 is 2.04 bits per heavy atom. The van der Waals surface area contributed by atoms with Crippen LogP contribution in [0.1, 0.15) is 36.8 Å². The van der Waals surface area contributed by atoms with E-state index in [1.54, 1.807) is 32.3 Å². The van der Waals surface area contributed by atoms with E-state index in [1.165, 1.54) is 23.2 Å². The Morgan fingerprint density at radius 1 is 1.26 bits per heavy atom. The lowest BCUT2D eigenvalue weighted by Gasteiger charge is -2.09. The second kappa shape index (κ2) is 7.24. The number of ether oxygens (including phenoxy) is 1. The Bertz CT molecular complexity index is 951. The van der Waals surface area contributed by atoms with Crippen molar-refractivity contribution in [3.63, 3.8) is 0 Å². The number of hydrogen-bond acceptors (Lipinski definition) is 6. The number of hydrogen-bond donors (Lipinski definition) is 2. The van der Waals surface area contributed by atoms with Gasteiger partial charge < -0.3 is 15.4 Å². The fraction of sp³-hybridized carbons (Fsp3) is 0.167. The number of fused-ring (bicyclic) bond motifs is 1. The number of amides is 2. The highest BCUT2D eigenvalue weighted by Gasteiger charge is 2.21. The number of aliphatic imine (C=N–C) groups is 1. The molecule has 9 heteroatoms. The molecule has 2 aromatic rings. The molecule has 0 aliphatic carbocycles. The van der Waals surface area contributed by atoms with Gasteiger partial charge in [-0.05, 0) is 24.3 Å². The van der Waals surface area contributed by atoms with Crippen LogP contribution in [0.5, 0.6) is 0 Å². The number of cyclic esters (lactones) is 1. The topological polar surface area (TPSA) is 127 Å². The number of nitrogens with zero attached hydrogens (tertiary/aromatic N) is 3. The van der Waals surface area contributed by atoms with Gasteiger partial charge in [-0.2, -0.15) is 0 Å². The molecule has 9 nitrogen and oxygen atoms in total. The fourth-order valence-electron chi connectivity index (χ4n) is 2.41. The van der Waals surface area contributed by atoms with Gasteiger partial charge in [-0.15, -0.1) is 0 Å². The predicted molar refractivity (Wildman–Crippen MR) is 96.6 cm³/mol. The average Bonchev–Trinajstić information content (AvgIpc) is 3.01. The number of benzene rings is 1. The lowest BCUT2D eigenvalue weighted by Crippen LogP contribution is -2.36. The Balaban J connectivity index is 1.70. The van der Waals surface area contributed by atoms with E-state index in [0.717, 1.165) is 5.56 Å². The molecule has 27 heavy (non-hydrogen) atoms. The van der Waals surface area contributed by atoms with Crippen molar-refractivity contribution in [1.29, 1.82) is 0 Å². The number of carbonyl (C=O) groups excluding carboxylic acids is 3. The molecule has 0 saturated carbocycles. The van der Waals surface area contributed by atoms with Crippen molar-refractivity contribution < 1.29 is 19.1 Å². The zero-order valence-corrected chi connectivity index (χ0v) is 14.7. The minimum Gasteiger partial charge on any atom is -0.457 e. The monoisotopic (exact) mass is 367 g/mol. The van der Waals surface area contributed by atoms with Gasteiger partial charge in [0.15, 0.2) is 0 Å². The minimum absolute atomic E-state index is 0.139. The van der Waals surface area contributed by atoms with Crippen molar-refractivity contribution in [2.24, 2.45) is 10.7 Å². The molecule has 0 unspecified atom stereocenters. The number of carbonyl (C=O) groups is 3. The van der Waals surface area contributed by atoms with E-state index >= 15 is 0 Å². The summed E-state index contributed by atoms with van der Waals surface area (Å²) in [7, 11) is 3.22. The van der Waals surface area contributed by atoms with Crippen LogP contribution in [0.4, 0.5) is 5.69 Å². The molecule has 3 N–H and O–H groups in total. The highest BCUT2D eigenvalue weighted by Crippen LogP contribution is 2.24. The Kier molecular flexibility index (Phi) is 4.84. The van der Waals surface area contributed by atoms with E-state index in [2.05, 4.69) is 15.3 Å². The van der Waals surface area contributed by atoms with E-state index < -0.39 is 11.9 Å². The third-order valence-corrected chi connectivity index (χ3v) is 3.81. The van der Waals surface area contributed by atoms with Crippen molar-refractivity contribution in [3.8, 4) is 0 Å². The van der Waals surface area contributed by atoms with Crippen LogP contribution in [0, 0.1) is 0 Å². The Morgan fingerprint density at radius 3 is 2.70 bits per heavy atom. The van der Waals surface area contributed by atoms with Gasteiger partial charge in [0, 0.05) is 25.9 Å². The highest BCUT2D eigenvalue weighted by atomic mass is 16.5. The lowest BCUT2D eigenvalue weighted by atomic mass is 10.1. The molecule has 1 aliphatic rings. The van der Waals surface area contributed by atoms with E-state index in [0.29, 0.717) is 11.3 Å². The number of pyridine rings is 1. The highest BCUT2D eigenvalue weighted by molar-refractivity contribution is 6.06. The summed E-state index contributed by atoms with van der Waals surface area (Å²) >= 11 is 0. The average molecular weight is 367 g/mol. The number of nitrogens with two attached hydrogens (primary N) is 1. The van der Waals surface area contributed by atoms with Crippen LogP contribution >= 0.6 is 0 Å². The number of rotatable bonds is 3. The van der Waals surface area contributed by atoms with Crippen molar-refractivity contribution in [2.75, 3.05) is 14.1 Å². The van der Waals surface area contributed by atoms with Gasteiger partial charge in [0.2, 0.25) is 5.96 Å². The number of esters is 1. The van der Waals surface area contributed by atoms with Crippen molar-refractivity contribution in [3.05, 3.63) is 58.9 Å². The largest absolute Gasteiger partial charge is 0.457 e. The van der Waals surface area contributed by atoms with E-state index in [4.69, 9.17) is 10.5 Å². The molecule has 1 aliphatic heterocycles. The summed E-state index contributed by atoms with van der Waals surface area (Å²) in [5.41, 5.74) is 7.83. The Labute approximate surface area is 154 Å². The van der Waals surface area contributed by atoms with Crippen molar-refractivity contribution in [1.82, 2.24) is 15.2 Å². The zero-order chi connectivity index (χ0) is 19.6. The van der Waals surface area contributed by atoms with Gasteiger partial charge in [-0.1, -0.05) is 6.07 Å². The van der Waals surface area contributed by atoms with E-state index in [1.807, 2.05) is 0 Å². The molecule has 0 fully saturated rings. The van der Waals surface area contributed by atoms with Gasteiger partial charge in [-0.3, -0.25) is 19.9 Å². The summed E-state index contributed by atoms with van der Waals surface area (Å²) in [5.74, 6) is -1.34. The zero-order valence-electron chi connectivity index (χ0n) is 14.7. The van der Waals surface area contributed by atoms with Gasteiger partial charge in [0.05, 0.1) is 16.8 Å². The summed E-state index contributed by atoms with van der Waals surface area (Å²) in [4.78, 5) is 45.0. The molecule has 0 bridgehead atoms. The molecule has 1 aromatic carbocycles. The molecule has 2 heterocycles. The van der Waals surface area contributed by atoms with Gasteiger partial charge >= 0.3 is 5.97 Å². The fourth-order valence-corrected chi connectivity index (χ4v) is 2.41. The first-order chi connectivity index (χ1) is 12.8. The molecule has 0 saturated heterocycles. The molecule has 138 valence electrons. The van der Waals surface area contributed by atoms with Crippen LogP contribution in [0.15, 0.2) is 41.5 Å². The summed E-state index contributed by atoms with van der Waals surface area (Å²) in [5, 5.41) is 2.43. The van der Waals surface area contributed by atoms with Crippen LogP contribution in [-0.2, 0) is 11.3 Å². The normalized spacial score (nSPS) is 13.0. The first-order valence-corrected chi connectivity index (χ1v) is 7.98. The van der Waals surface area contributed by atoms with Crippen molar-refractivity contribution >= 4 is 29.4 Å². The maximum absolute atomic E-state index is 12.2. The molecule has 0 spiro atoms. The van der Waals surface area contributed by atoms with Gasteiger partial charge in [-0.25, -0.2) is 9.79 Å². The van der Waals surface area contributed by atoms with Crippen LogP contribution < -0.4 is 11.1 Å². The number of guanidine groups is 1. The van der Waals surface area contributed by atoms with Gasteiger partial charge in [0.1, 0.15) is 12.3 Å². The maximum Gasteiger partial charge on any atom is 0.338 e. The first-order valence-electron chi connectivity index (χ1n) is 7.98. The first kappa shape index (κ1) is 18.1. The lowest BCUT2D eigenvalue weighted by molar-refractivity contribution is 0.0534. The van der Waals surface area contributed by atoms with Crippen LogP contribution in [0.3, 0.4) is 0 Å². The number of nitrogens with one attached hydrogen (secondary N) is 1. The SMILES string of the molecule is CN(C)C(=O)c1ccc(C(=O)NC(N)=Nc2ccc3c(c2)C(=O)OC3)cn1. The molecule has 0 atom stereocenters. The third-order valence-electron chi connectivity index (χ3n) is 3.81. The second-order valence-corrected chi connectivity index (χ2v) is 6.00. The molecule has 1 aromatic heterocycles. The van der Waals surface area contributed by atoms with Crippen LogP contribution in [0.25, 0.3) is 0 Å². The predicted octanol–water partition coefficient (Wildman–Crippen LogP) is 0.830. The molecular formula is C18H17N5O4. The second-order valence-electron chi connectivity index (χ2n) is 6.00. The smallest absolute Gasteiger partial charge is 0.338 e. The van der Waals surface area contributed by atoms with E-state index in [-0.39, 0.29) is 29.7 Å². The quantitative estimate of drug-likeness (QED) is 0.470. The maximum atomic E-state index is 12.2. The van der Waals surface area contributed by atoms with Crippen LogP contribution in [0.2, 0.25) is 0 Å². The Hall–Kier alpha value is -3.75. The van der Waals surface area contributed by atoms with Gasteiger partial charge in [0.25, 0.3) is 11.8 Å². The molecule has 2 amide bonds. The summed E-state index contributed by atoms with van der Waals surface area (Å²) in [6, 6.07) is 7.86. The standard InChI is InChI=1S/C18H17N5O4/c1-23(2)16(25)14-6-4-10(8-20-14)15(24)22-18(19)21-12-5-3-11-9-27-17(26)13(11)7-12/h3-8H,9H2,1-2H3,(H3,19,21,22,24).